The summed E-state index contributed by atoms with van der Waals surface area (Å²) in [6.07, 6.45) is 1.07. The second-order valence-corrected chi connectivity index (χ2v) is 11.9. The molecule has 0 unspecified atom stereocenters. The maximum atomic E-state index is 6.35. The lowest BCUT2D eigenvalue weighted by Gasteiger charge is -2.32. The Balaban J connectivity index is 1.62. The molecule has 5 nitrogen and oxygen atoms in total. The molecule has 7 heteroatoms. The number of fused-ring (bicyclic) bond motifs is 3. The average molecular weight is 461 g/mol. The summed E-state index contributed by atoms with van der Waals surface area (Å²) >= 11 is 0. The predicted molar refractivity (Wildman–Crippen MR) is 141 cm³/mol. The third kappa shape index (κ3) is 3.55. The molecular formula is C27H37B2NO4. The zero-order valence-electron chi connectivity index (χ0n) is 22.1. The smallest absolute Gasteiger partial charge is 0.399 e. The Hall–Kier alpha value is -1.79. The van der Waals surface area contributed by atoms with E-state index < -0.39 is 0 Å². The Bertz CT molecular complexity index is 1140. The molecule has 180 valence electrons. The van der Waals surface area contributed by atoms with E-state index in [0.717, 1.165) is 23.9 Å². The molecule has 0 aliphatic carbocycles. The van der Waals surface area contributed by atoms with Crippen LogP contribution >= 0.6 is 0 Å². The Morgan fingerprint density at radius 2 is 0.971 bits per heavy atom. The van der Waals surface area contributed by atoms with E-state index in [0.29, 0.717) is 0 Å². The number of hydrogen-bond donors (Lipinski definition) is 0. The molecule has 3 heterocycles. The van der Waals surface area contributed by atoms with Crippen LogP contribution in [0.3, 0.4) is 0 Å². The lowest BCUT2D eigenvalue weighted by atomic mass is 9.77. The van der Waals surface area contributed by atoms with Gasteiger partial charge in [-0.2, -0.15) is 0 Å². The molecule has 0 bridgehead atoms. The highest BCUT2D eigenvalue weighted by Gasteiger charge is 2.52. The SMILES string of the molecule is CCCn1c2ccc(B3OC(C)(C)C(C)(C)O3)cc2c2cc(B3OC(C)(C)C(C)(C)O3)ccc21. The first-order valence-electron chi connectivity index (χ1n) is 12.5. The number of hydrogen-bond acceptors (Lipinski definition) is 4. The molecule has 0 atom stereocenters. The van der Waals surface area contributed by atoms with Gasteiger partial charge in [-0.15, -0.1) is 0 Å². The zero-order valence-corrected chi connectivity index (χ0v) is 22.1. The molecule has 2 aliphatic rings. The fourth-order valence-electron chi connectivity index (χ4n) is 4.86. The second kappa shape index (κ2) is 7.60. The van der Waals surface area contributed by atoms with Crippen LogP contribution < -0.4 is 10.9 Å². The van der Waals surface area contributed by atoms with Gasteiger partial charge >= 0.3 is 14.2 Å². The largest absolute Gasteiger partial charge is 0.494 e. The first kappa shape index (κ1) is 23.9. The Morgan fingerprint density at radius 3 is 1.29 bits per heavy atom. The van der Waals surface area contributed by atoms with Crippen molar-refractivity contribution in [1.29, 1.82) is 0 Å². The fourth-order valence-corrected chi connectivity index (χ4v) is 4.86. The molecule has 0 amide bonds. The van der Waals surface area contributed by atoms with Crippen LogP contribution in [-0.2, 0) is 25.2 Å². The van der Waals surface area contributed by atoms with Gasteiger partial charge in [0, 0.05) is 28.4 Å². The topological polar surface area (TPSA) is 41.9 Å². The van der Waals surface area contributed by atoms with Gasteiger partial charge in [0.1, 0.15) is 0 Å². The zero-order chi connectivity index (χ0) is 24.7. The number of aromatic nitrogens is 1. The predicted octanol–water partition coefficient (Wildman–Crippen LogP) is 4.80. The maximum absolute atomic E-state index is 6.35. The molecule has 1 aromatic heterocycles. The molecule has 0 saturated carbocycles. The summed E-state index contributed by atoms with van der Waals surface area (Å²) in [5.74, 6) is 0. The van der Waals surface area contributed by atoms with E-state index in [1.807, 2.05) is 0 Å². The number of aryl methyl sites for hydroxylation is 1. The van der Waals surface area contributed by atoms with E-state index in [-0.39, 0.29) is 36.6 Å². The van der Waals surface area contributed by atoms with Crippen molar-refractivity contribution < 1.29 is 18.6 Å². The van der Waals surface area contributed by atoms with Gasteiger partial charge < -0.3 is 23.2 Å². The quantitative estimate of drug-likeness (QED) is 0.524. The van der Waals surface area contributed by atoms with Crippen molar-refractivity contribution in [3.05, 3.63) is 36.4 Å². The molecule has 5 rings (SSSR count). The van der Waals surface area contributed by atoms with Crippen LogP contribution in [0.15, 0.2) is 36.4 Å². The van der Waals surface area contributed by atoms with Crippen LogP contribution in [0.2, 0.25) is 0 Å². The molecule has 0 spiro atoms. The van der Waals surface area contributed by atoms with Crippen molar-refractivity contribution in [2.45, 2.75) is 97.7 Å². The van der Waals surface area contributed by atoms with E-state index in [9.17, 15) is 0 Å². The van der Waals surface area contributed by atoms with Gasteiger partial charge in [-0.3, -0.25) is 0 Å². The fraction of sp³-hybridized carbons (Fsp3) is 0.556. The second-order valence-electron chi connectivity index (χ2n) is 11.9. The van der Waals surface area contributed by atoms with Gasteiger partial charge in [-0.1, -0.05) is 31.2 Å². The first-order chi connectivity index (χ1) is 15.8. The maximum Gasteiger partial charge on any atom is 0.494 e. The van der Waals surface area contributed by atoms with Crippen LogP contribution in [0.5, 0.6) is 0 Å². The minimum Gasteiger partial charge on any atom is -0.399 e. The van der Waals surface area contributed by atoms with Gasteiger partial charge in [-0.25, -0.2) is 0 Å². The lowest BCUT2D eigenvalue weighted by Crippen LogP contribution is -2.41. The minimum atomic E-state index is -0.384. The third-order valence-electron chi connectivity index (χ3n) is 8.41. The summed E-state index contributed by atoms with van der Waals surface area (Å²) in [5.41, 5.74) is 3.07. The molecule has 2 aliphatic heterocycles. The molecule has 0 N–H and O–H groups in total. The van der Waals surface area contributed by atoms with Gasteiger partial charge in [0.05, 0.1) is 22.4 Å². The van der Waals surface area contributed by atoms with Gasteiger partial charge in [0.2, 0.25) is 0 Å². The monoisotopic (exact) mass is 461 g/mol. The van der Waals surface area contributed by atoms with Crippen LogP contribution in [0.4, 0.5) is 0 Å². The van der Waals surface area contributed by atoms with E-state index in [2.05, 4.69) is 103 Å². The van der Waals surface area contributed by atoms with Crippen molar-refractivity contribution in [1.82, 2.24) is 4.57 Å². The minimum absolute atomic E-state index is 0.368. The summed E-state index contributed by atoms with van der Waals surface area (Å²) in [5, 5.41) is 2.41. The van der Waals surface area contributed by atoms with Gasteiger partial charge in [0.25, 0.3) is 0 Å². The van der Waals surface area contributed by atoms with E-state index in [1.54, 1.807) is 0 Å². The summed E-state index contributed by atoms with van der Waals surface area (Å²) in [4.78, 5) is 0. The first-order valence-corrected chi connectivity index (χ1v) is 12.5. The molecule has 2 aromatic carbocycles. The third-order valence-corrected chi connectivity index (χ3v) is 8.41. The van der Waals surface area contributed by atoms with Crippen LogP contribution in [0, 0.1) is 0 Å². The Labute approximate surface area is 204 Å². The molecule has 2 fully saturated rings. The van der Waals surface area contributed by atoms with Crippen molar-refractivity contribution >= 4 is 47.0 Å². The highest BCUT2D eigenvalue weighted by molar-refractivity contribution is 6.63. The summed E-state index contributed by atoms with van der Waals surface area (Å²) in [7, 11) is -0.768. The highest BCUT2D eigenvalue weighted by Crippen LogP contribution is 2.38. The summed E-state index contributed by atoms with van der Waals surface area (Å²) in [6, 6.07) is 13.2. The summed E-state index contributed by atoms with van der Waals surface area (Å²) < 4.78 is 27.8. The van der Waals surface area contributed by atoms with E-state index in [1.165, 1.54) is 21.8 Å². The van der Waals surface area contributed by atoms with Crippen LogP contribution in [0.25, 0.3) is 21.8 Å². The molecule has 34 heavy (non-hydrogen) atoms. The average Bonchev–Trinajstić information content (AvgIpc) is 3.25. The van der Waals surface area contributed by atoms with Crippen LogP contribution in [-0.4, -0.2) is 41.2 Å². The Kier molecular flexibility index (Phi) is 5.35. The number of rotatable bonds is 4. The highest BCUT2D eigenvalue weighted by atomic mass is 16.7. The number of benzene rings is 2. The van der Waals surface area contributed by atoms with Crippen molar-refractivity contribution in [3.63, 3.8) is 0 Å². The van der Waals surface area contributed by atoms with Crippen molar-refractivity contribution in [2.75, 3.05) is 0 Å². The summed E-state index contributed by atoms with van der Waals surface area (Å²) in [6.45, 7) is 19.9. The van der Waals surface area contributed by atoms with Crippen molar-refractivity contribution in [2.24, 2.45) is 0 Å². The lowest BCUT2D eigenvalue weighted by molar-refractivity contribution is 0.00578. The van der Waals surface area contributed by atoms with Gasteiger partial charge in [0.15, 0.2) is 0 Å². The van der Waals surface area contributed by atoms with Crippen molar-refractivity contribution in [3.8, 4) is 0 Å². The Morgan fingerprint density at radius 1 is 0.618 bits per heavy atom. The number of nitrogens with zero attached hydrogens (tertiary/aromatic N) is 1. The molecule has 3 aromatic rings. The van der Waals surface area contributed by atoms with Gasteiger partial charge in [-0.05, 0) is 84.9 Å². The van der Waals surface area contributed by atoms with Crippen LogP contribution in [0.1, 0.15) is 68.7 Å². The molecular weight excluding hydrogens is 424 g/mol. The molecule has 0 radical (unpaired) electrons. The standard InChI is InChI=1S/C27H37B2NO4/c1-10-15-30-22-13-11-18(28-31-24(2,3)25(4,5)32-28)16-20(22)21-17-19(12-14-23(21)30)29-33-26(6,7)27(8,9)34-29/h11-14,16-17H,10,15H2,1-9H3. The normalized spacial score (nSPS) is 22.9. The van der Waals surface area contributed by atoms with E-state index >= 15 is 0 Å². The molecule has 2 saturated heterocycles. The van der Waals surface area contributed by atoms with E-state index in [4.69, 9.17) is 18.6 Å².